The molecular formula is C18H13F13O3. The molecular weight excluding hydrogens is 511 g/mol. The Bertz CT molecular complexity index is 864. The number of carbonyl (C=O) groups is 2. The monoisotopic (exact) mass is 524 g/mol. The van der Waals surface area contributed by atoms with Gasteiger partial charge in [0.15, 0.2) is 0 Å². The Balaban J connectivity index is 2.86. The molecule has 0 unspecified atom stereocenters. The number of carbonyl (C=O) groups excluding carboxylic acids is 2. The molecule has 1 aromatic carbocycles. The predicted molar refractivity (Wildman–Crippen MR) is 86.1 cm³/mol. The molecule has 0 saturated heterocycles. The molecule has 1 aromatic rings. The molecule has 0 aromatic heterocycles. The summed E-state index contributed by atoms with van der Waals surface area (Å²) in [5.74, 6) is -40.0. The smallest absolute Gasteiger partial charge is 0.460 e. The maximum atomic E-state index is 13.6. The van der Waals surface area contributed by atoms with E-state index in [1.54, 1.807) is 6.07 Å². The van der Waals surface area contributed by atoms with Crippen LogP contribution in [0.1, 0.15) is 18.4 Å². The molecule has 0 aliphatic rings. The molecule has 0 aliphatic carbocycles. The lowest BCUT2D eigenvalue weighted by molar-refractivity contribution is -0.440. The van der Waals surface area contributed by atoms with Gasteiger partial charge in [0.2, 0.25) is 0 Å². The SMILES string of the molecule is O=C(CC(=O)OCCC(F)(F)C(F)(F)C(F)(F)C(F)(F)C(F)(F)C(F)(F)F)Cc1ccccc1. The molecule has 3 nitrogen and oxygen atoms in total. The highest BCUT2D eigenvalue weighted by molar-refractivity contribution is 5.96. The summed E-state index contributed by atoms with van der Waals surface area (Å²) in [6, 6.07) is 7.55. The summed E-state index contributed by atoms with van der Waals surface area (Å²) in [5, 5.41) is 0. The third-order valence-corrected chi connectivity index (χ3v) is 4.26. The molecule has 0 N–H and O–H groups in total. The molecule has 0 spiro atoms. The lowest BCUT2D eigenvalue weighted by Gasteiger charge is -2.39. The van der Waals surface area contributed by atoms with Crippen molar-refractivity contribution in [1.82, 2.24) is 0 Å². The van der Waals surface area contributed by atoms with E-state index >= 15 is 0 Å². The number of ketones is 1. The fraction of sp³-hybridized carbons (Fsp3) is 0.556. The zero-order chi connectivity index (χ0) is 26.8. The molecule has 0 fully saturated rings. The van der Waals surface area contributed by atoms with Gasteiger partial charge in [0, 0.05) is 6.42 Å². The van der Waals surface area contributed by atoms with Crippen LogP contribution < -0.4 is 0 Å². The Morgan fingerprint density at radius 1 is 0.676 bits per heavy atom. The minimum atomic E-state index is -7.99. The van der Waals surface area contributed by atoms with Crippen LogP contribution >= 0.6 is 0 Å². The standard InChI is InChI=1S/C18H13F13O3/c19-13(20,6-7-34-12(33)9-11(32)8-10-4-2-1-3-5-10)14(21,22)15(23,24)16(25,26)17(27,28)18(29,30)31/h1-5H,6-9H2. The summed E-state index contributed by atoms with van der Waals surface area (Å²) >= 11 is 0. The van der Waals surface area contributed by atoms with E-state index in [1.165, 1.54) is 24.3 Å². The average molecular weight is 524 g/mol. The van der Waals surface area contributed by atoms with Gasteiger partial charge < -0.3 is 4.74 Å². The molecule has 0 bridgehead atoms. The van der Waals surface area contributed by atoms with E-state index in [0.717, 1.165) is 0 Å². The van der Waals surface area contributed by atoms with E-state index < -0.39 is 67.0 Å². The van der Waals surface area contributed by atoms with Crippen molar-refractivity contribution in [3.63, 3.8) is 0 Å². The summed E-state index contributed by atoms with van der Waals surface area (Å²) in [4.78, 5) is 23.1. The molecule has 34 heavy (non-hydrogen) atoms. The van der Waals surface area contributed by atoms with E-state index in [2.05, 4.69) is 4.74 Å². The topological polar surface area (TPSA) is 43.4 Å². The first-order valence-electron chi connectivity index (χ1n) is 8.79. The van der Waals surface area contributed by atoms with Crippen LogP contribution in [0.25, 0.3) is 0 Å². The third-order valence-electron chi connectivity index (χ3n) is 4.26. The van der Waals surface area contributed by atoms with E-state index in [1.807, 2.05) is 0 Å². The van der Waals surface area contributed by atoms with Gasteiger partial charge in [-0.05, 0) is 5.56 Å². The Morgan fingerprint density at radius 2 is 1.15 bits per heavy atom. The maximum Gasteiger partial charge on any atom is 0.460 e. The number of rotatable bonds is 11. The number of hydrogen-bond acceptors (Lipinski definition) is 3. The number of benzene rings is 1. The molecule has 16 heteroatoms. The molecule has 0 heterocycles. The summed E-state index contributed by atoms with van der Waals surface area (Å²) < 4.78 is 172. The van der Waals surface area contributed by atoms with Crippen LogP contribution in [0.4, 0.5) is 57.1 Å². The minimum Gasteiger partial charge on any atom is -0.465 e. The average Bonchev–Trinajstić information content (AvgIpc) is 2.66. The van der Waals surface area contributed by atoms with Gasteiger partial charge >= 0.3 is 41.8 Å². The summed E-state index contributed by atoms with van der Waals surface area (Å²) in [6.45, 7) is -1.89. The Kier molecular flexibility index (Phi) is 8.32. The first-order chi connectivity index (χ1) is 15.1. The fourth-order valence-corrected chi connectivity index (χ4v) is 2.35. The lowest BCUT2D eigenvalue weighted by Crippen LogP contribution is -2.70. The van der Waals surface area contributed by atoms with E-state index in [-0.39, 0.29) is 6.42 Å². The second-order valence-electron chi connectivity index (χ2n) is 6.85. The summed E-state index contributed by atoms with van der Waals surface area (Å²) in [7, 11) is 0. The van der Waals surface area contributed by atoms with Crippen molar-refractivity contribution in [3.8, 4) is 0 Å². The van der Waals surface area contributed by atoms with Gasteiger partial charge in [0.05, 0.1) is 13.0 Å². The predicted octanol–water partition coefficient (Wildman–Crippen LogP) is 5.86. The number of halogens is 13. The molecule has 1 rings (SSSR count). The van der Waals surface area contributed by atoms with Crippen molar-refractivity contribution in [2.75, 3.05) is 6.61 Å². The van der Waals surface area contributed by atoms with Gasteiger partial charge in [-0.2, -0.15) is 57.1 Å². The van der Waals surface area contributed by atoms with Gasteiger partial charge in [0.1, 0.15) is 12.2 Å². The molecule has 0 aliphatic heterocycles. The van der Waals surface area contributed by atoms with Crippen molar-refractivity contribution in [1.29, 1.82) is 0 Å². The third kappa shape index (κ3) is 5.56. The van der Waals surface area contributed by atoms with Crippen LogP contribution in [0, 0.1) is 0 Å². The number of ether oxygens (including phenoxy) is 1. The van der Waals surface area contributed by atoms with Crippen molar-refractivity contribution in [2.24, 2.45) is 0 Å². The van der Waals surface area contributed by atoms with Crippen molar-refractivity contribution in [2.45, 2.75) is 55.1 Å². The summed E-state index contributed by atoms with van der Waals surface area (Å²) in [6.07, 6.45) is -11.6. The highest BCUT2D eigenvalue weighted by atomic mass is 19.4. The zero-order valence-electron chi connectivity index (χ0n) is 16.4. The largest absolute Gasteiger partial charge is 0.465 e. The number of Topliss-reactive ketones (excluding diaryl/α,β-unsaturated/α-hetero) is 1. The summed E-state index contributed by atoms with van der Waals surface area (Å²) in [5.41, 5.74) is 0.408. The first-order valence-corrected chi connectivity index (χ1v) is 8.79. The second kappa shape index (κ2) is 9.60. The van der Waals surface area contributed by atoms with Crippen molar-refractivity contribution >= 4 is 11.8 Å². The number of esters is 1. The second-order valence-corrected chi connectivity index (χ2v) is 6.85. The Morgan fingerprint density at radius 3 is 1.62 bits per heavy atom. The van der Waals surface area contributed by atoms with Gasteiger partial charge in [-0.25, -0.2) is 0 Å². The van der Waals surface area contributed by atoms with E-state index in [0.29, 0.717) is 5.56 Å². The normalized spacial score (nSPS) is 14.1. The van der Waals surface area contributed by atoms with Gasteiger partial charge in [0.25, 0.3) is 0 Å². The van der Waals surface area contributed by atoms with E-state index in [9.17, 15) is 66.7 Å². The van der Waals surface area contributed by atoms with Crippen molar-refractivity contribution in [3.05, 3.63) is 35.9 Å². The van der Waals surface area contributed by atoms with E-state index in [4.69, 9.17) is 0 Å². The van der Waals surface area contributed by atoms with Crippen LogP contribution in [-0.4, -0.2) is 54.1 Å². The van der Waals surface area contributed by atoms with Crippen LogP contribution in [0.5, 0.6) is 0 Å². The number of alkyl halides is 13. The highest BCUT2D eigenvalue weighted by Crippen LogP contribution is 2.60. The molecule has 0 atom stereocenters. The van der Waals surface area contributed by atoms with Crippen LogP contribution in [0.2, 0.25) is 0 Å². The van der Waals surface area contributed by atoms with Gasteiger partial charge in [-0.1, -0.05) is 30.3 Å². The lowest BCUT2D eigenvalue weighted by atomic mass is 9.93. The van der Waals surface area contributed by atoms with Gasteiger partial charge in [-0.15, -0.1) is 0 Å². The zero-order valence-corrected chi connectivity index (χ0v) is 16.4. The van der Waals surface area contributed by atoms with Crippen LogP contribution in [0.3, 0.4) is 0 Å². The highest BCUT2D eigenvalue weighted by Gasteiger charge is 2.90. The molecule has 194 valence electrons. The minimum absolute atomic E-state index is 0.348. The quantitative estimate of drug-likeness (QED) is 0.207. The molecule has 0 amide bonds. The number of hydrogen-bond donors (Lipinski definition) is 0. The molecule has 0 radical (unpaired) electrons. The Labute approximate surface area is 181 Å². The fourth-order valence-electron chi connectivity index (χ4n) is 2.35. The van der Waals surface area contributed by atoms with Gasteiger partial charge in [-0.3, -0.25) is 9.59 Å². The van der Waals surface area contributed by atoms with Crippen LogP contribution in [-0.2, 0) is 20.7 Å². The Hall–Kier alpha value is -2.55. The maximum absolute atomic E-state index is 13.6. The van der Waals surface area contributed by atoms with Crippen LogP contribution in [0.15, 0.2) is 30.3 Å². The van der Waals surface area contributed by atoms with Crippen molar-refractivity contribution < 1.29 is 71.4 Å². The first kappa shape index (κ1) is 29.5. The molecule has 0 saturated carbocycles.